The molecule has 0 spiro atoms. The van der Waals surface area contributed by atoms with Crippen LogP contribution in [0, 0.1) is 5.41 Å². The molecule has 1 amide bonds. The monoisotopic (exact) mass is 290 g/mol. The number of benzene rings is 1. The normalized spacial score (nSPS) is 21.2. The zero-order valence-electron chi connectivity index (χ0n) is 12.6. The summed E-state index contributed by atoms with van der Waals surface area (Å²) in [6, 6.07) is 6.95. The molecule has 0 bridgehead atoms. The van der Waals surface area contributed by atoms with Crippen LogP contribution in [0.15, 0.2) is 24.3 Å². The van der Waals surface area contributed by atoms with Crippen LogP contribution in [-0.4, -0.2) is 48.6 Å². The second-order valence-corrected chi connectivity index (χ2v) is 5.93. The van der Waals surface area contributed by atoms with Gasteiger partial charge in [-0.25, -0.2) is 4.79 Å². The molecule has 2 rings (SSSR count). The molecule has 5 nitrogen and oxygen atoms in total. The van der Waals surface area contributed by atoms with Gasteiger partial charge in [-0.3, -0.25) is 4.79 Å². The van der Waals surface area contributed by atoms with E-state index in [0.717, 1.165) is 18.5 Å². The highest BCUT2D eigenvalue weighted by molar-refractivity contribution is 5.89. The number of carboxylic acids is 1. The number of rotatable bonds is 5. The van der Waals surface area contributed by atoms with Crippen molar-refractivity contribution >= 4 is 11.9 Å². The molecule has 21 heavy (non-hydrogen) atoms. The number of carbonyl (C=O) groups excluding carboxylic acids is 1. The zero-order chi connectivity index (χ0) is 15.5. The Labute approximate surface area is 125 Å². The lowest BCUT2D eigenvalue weighted by Crippen LogP contribution is -2.42. The molecular formula is C16H22N2O3. The number of hydrogen-bond donors (Lipinski definition) is 2. The van der Waals surface area contributed by atoms with Crippen molar-refractivity contribution in [1.29, 1.82) is 0 Å². The van der Waals surface area contributed by atoms with Crippen LogP contribution in [-0.2, 0) is 11.2 Å². The van der Waals surface area contributed by atoms with Gasteiger partial charge in [0.15, 0.2) is 0 Å². The highest BCUT2D eigenvalue weighted by Gasteiger charge is 2.38. The van der Waals surface area contributed by atoms with Crippen LogP contribution < -0.4 is 5.32 Å². The third kappa shape index (κ3) is 3.42. The molecule has 2 N–H and O–H groups in total. The minimum atomic E-state index is -0.925. The van der Waals surface area contributed by atoms with Crippen molar-refractivity contribution in [1.82, 2.24) is 10.2 Å². The molecule has 1 saturated heterocycles. The number of carbonyl (C=O) groups is 2. The Bertz CT molecular complexity index is 536. The van der Waals surface area contributed by atoms with Crippen molar-refractivity contribution in [3.8, 4) is 0 Å². The Morgan fingerprint density at radius 1 is 1.38 bits per heavy atom. The van der Waals surface area contributed by atoms with E-state index in [9.17, 15) is 9.59 Å². The van der Waals surface area contributed by atoms with Gasteiger partial charge in [0, 0.05) is 20.1 Å². The Balaban J connectivity index is 2.00. The van der Waals surface area contributed by atoms with E-state index in [0.29, 0.717) is 25.1 Å². The number of likely N-dealkylation sites (N-methyl/N-ethyl adjacent to an activating group) is 1. The quantitative estimate of drug-likeness (QED) is 0.859. The Morgan fingerprint density at radius 2 is 2.10 bits per heavy atom. The SMILES string of the molecule is CN(CCc1ccccc1C(=O)O)C(=O)C1(C)CCNC1. The fourth-order valence-electron chi connectivity index (χ4n) is 2.80. The standard InChI is InChI=1S/C16H22N2O3/c1-16(8-9-17-11-16)15(21)18(2)10-7-12-5-3-4-6-13(12)14(19)20/h3-6,17H,7-11H2,1-2H3,(H,19,20). The van der Waals surface area contributed by atoms with Crippen molar-refractivity contribution in [2.75, 3.05) is 26.7 Å². The van der Waals surface area contributed by atoms with E-state index < -0.39 is 5.97 Å². The van der Waals surface area contributed by atoms with E-state index in [-0.39, 0.29) is 11.3 Å². The molecular weight excluding hydrogens is 268 g/mol. The summed E-state index contributed by atoms with van der Waals surface area (Å²) < 4.78 is 0. The maximum Gasteiger partial charge on any atom is 0.335 e. The van der Waals surface area contributed by atoms with Crippen LogP contribution in [0.1, 0.15) is 29.3 Å². The summed E-state index contributed by atoms with van der Waals surface area (Å²) in [5, 5.41) is 12.4. The van der Waals surface area contributed by atoms with E-state index in [1.165, 1.54) is 0 Å². The summed E-state index contributed by atoms with van der Waals surface area (Å²) in [6.07, 6.45) is 1.40. The lowest BCUT2D eigenvalue weighted by atomic mass is 9.88. The molecule has 0 radical (unpaired) electrons. The molecule has 0 aliphatic carbocycles. The molecule has 1 aliphatic heterocycles. The molecule has 0 saturated carbocycles. The number of amides is 1. The minimum Gasteiger partial charge on any atom is -0.478 e. The van der Waals surface area contributed by atoms with Crippen LogP contribution in [0.3, 0.4) is 0 Å². The fraction of sp³-hybridized carbons (Fsp3) is 0.500. The van der Waals surface area contributed by atoms with Crippen molar-refractivity contribution < 1.29 is 14.7 Å². The molecule has 1 unspecified atom stereocenters. The van der Waals surface area contributed by atoms with Crippen LogP contribution in [0.4, 0.5) is 0 Å². The summed E-state index contributed by atoms with van der Waals surface area (Å²) in [7, 11) is 1.79. The van der Waals surface area contributed by atoms with Crippen molar-refractivity contribution in [2.45, 2.75) is 19.8 Å². The third-order valence-electron chi connectivity index (χ3n) is 4.20. The maximum atomic E-state index is 12.5. The number of aromatic carboxylic acids is 1. The largest absolute Gasteiger partial charge is 0.478 e. The molecule has 1 heterocycles. The van der Waals surface area contributed by atoms with Crippen LogP contribution >= 0.6 is 0 Å². The summed E-state index contributed by atoms with van der Waals surface area (Å²) >= 11 is 0. The number of nitrogens with one attached hydrogen (secondary N) is 1. The first kappa shape index (κ1) is 15.5. The summed E-state index contributed by atoms with van der Waals surface area (Å²) in [5.41, 5.74) is 0.743. The fourth-order valence-corrected chi connectivity index (χ4v) is 2.80. The van der Waals surface area contributed by atoms with Gasteiger partial charge >= 0.3 is 5.97 Å². The Hall–Kier alpha value is -1.88. The first-order valence-electron chi connectivity index (χ1n) is 7.21. The number of hydrogen-bond acceptors (Lipinski definition) is 3. The minimum absolute atomic E-state index is 0.125. The van der Waals surface area contributed by atoms with Crippen LogP contribution in [0.5, 0.6) is 0 Å². The summed E-state index contributed by atoms with van der Waals surface area (Å²) in [6.45, 7) is 4.09. The molecule has 1 aromatic rings. The lowest BCUT2D eigenvalue weighted by Gasteiger charge is -2.28. The van der Waals surface area contributed by atoms with E-state index >= 15 is 0 Å². The predicted molar refractivity (Wildman–Crippen MR) is 80.3 cm³/mol. The van der Waals surface area contributed by atoms with Gasteiger partial charge in [-0.2, -0.15) is 0 Å². The number of nitrogens with zero attached hydrogens (tertiary/aromatic N) is 1. The lowest BCUT2D eigenvalue weighted by molar-refractivity contribution is -0.138. The average Bonchev–Trinajstić information content (AvgIpc) is 2.92. The van der Waals surface area contributed by atoms with Gasteiger partial charge < -0.3 is 15.3 Å². The first-order chi connectivity index (χ1) is 9.94. The van der Waals surface area contributed by atoms with Crippen molar-refractivity contribution in [3.05, 3.63) is 35.4 Å². The van der Waals surface area contributed by atoms with Crippen LogP contribution in [0.2, 0.25) is 0 Å². The smallest absolute Gasteiger partial charge is 0.335 e. The molecule has 114 valence electrons. The van der Waals surface area contributed by atoms with Crippen LogP contribution in [0.25, 0.3) is 0 Å². The third-order valence-corrected chi connectivity index (χ3v) is 4.20. The molecule has 1 fully saturated rings. The maximum absolute atomic E-state index is 12.5. The Morgan fingerprint density at radius 3 is 2.71 bits per heavy atom. The van der Waals surface area contributed by atoms with E-state index in [1.54, 1.807) is 30.1 Å². The molecule has 5 heteroatoms. The van der Waals surface area contributed by atoms with Crippen molar-refractivity contribution in [2.24, 2.45) is 5.41 Å². The van der Waals surface area contributed by atoms with Gasteiger partial charge in [-0.15, -0.1) is 0 Å². The average molecular weight is 290 g/mol. The van der Waals surface area contributed by atoms with E-state index in [2.05, 4.69) is 5.32 Å². The first-order valence-corrected chi connectivity index (χ1v) is 7.21. The van der Waals surface area contributed by atoms with Gasteiger partial charge in [0.05, 0.1) is 11.0 Å². The molecule has 1 aromatic carbocycles. The molecule has 0 aromatic heterocycles. The highest BCUT2D eigenvalue weighted by atomic mass is 16.4. The van der Waals surface area contributed by atoms with Gasteiger partial charge in [0.25, 0.3) is 0 Å². The predicted octanol–water partition coefficient (Wildman–Crippen LogP) is 1.39. The second kappa shape index (κ2) is 6.26. The van der Waals surface area contributed by atoms with Gasteiger partial charge in [0.1, 0.15) is 0 Å². The summed E-state index contributed by atoms with van der Waals surface area (Å²) in [4.78, 5) is 25.4. The zero-order valence-corrected chi connectivity index (χ0v) is 12.6. The van der Waals surface area contributed by atoms with Crippen molar-refractivity contribution in [3.63, 3.8) is 0 Å². The van der Waals surface area contributed by atoms with Gasteiger partial charge in [0.2, 0.25) is 5.91 Å². The second-order valence-electron chi connectivity index (χ2n) is 5.93. The molecule has 1 atom stereocenters. The summed E-state index contributed by atoms with van der Waals surface area (Å²) in [5.74, 6) is -0.799. The van der Waals surface area contributed by atoms with E-state index in [1.807, 2.05) is 13.0 Å². The highest BCUT2D eigenvalue weighted by Crippen LogP contribution is 2.26. The molecule has 1 aliphatic rings. The Kier molecular flexibility index (Phi) is 4.63. The topological polar surface area (TPSA) is 69.6 Å². The number of carboxylic acid groups (broad SMARTS) is 1. The van der Waals surface area contributed by atoms with Gasteiger partial charge in [-0.1, -0.05) is 18.2 Å². The van der Waals surface area contributed by atoms with Gasteiger partial charge in [-0.05, 0) is 37.9 Å². The van der Waals surface area contributed by atoms with E-state index in [4.69, 9.17) is 5.11 Å².